The molecule has 0 amide bonds. The summed E-state index contributed by atoms with van der Waals surface area (Å²) in [5.41, 5.74) is 7.24. The zero-order valence-corrected chi connectivity index (χ0v) is 12.8. The fraction of sp³-hybridized carbons (Fsp3) is 0.625. The number of ether oxygens (including phenoxy) is 1. The van der Waals surface area contributed by atoms with Crippen LogP contribution >= 0.6 is 0 Å². The molecule has 1 aromatic carbocycles. The molecule has 108 valence electrons. The van der Waals surface area contributed by atoms with Crippen LogP contribution in [0.3, 0.4) is 0 Å². The lowest BCUT2D eigenvalue weighted by Crippen LogP contribution is -2.29. The Morgan fingerprint density at radius 1 is 1.11 bits per heavy atom. The van der Waals surface area contributed by atoms with Gasteiger partial charge in [-0.1, -0.05) is 20.8 Å². The summed E-state index contributed by atoms with van der Waals surface area (Å²) < 4.78 is 5.21. The molecule has 0 aromatic heterocycles. The highest BCUT2D eigenvalue weighted by Crippen LogP contribution is 2.23. The van der Waals surface area contributed by atoms with E-state index in [1.54, 1.807) is 7.11 Å². The summed E-state index contributed by atoms with van der Waals surface area (Å²) in [5, 5.41) is 0. The van der Waals surface area contributed by atoms with E-state index in [4.69, 9.17) is 10.5 Å². The second kappa shape index (κ2) is 7.39. The molecule has 0 spiro atoms. The van der Waals surface area contributed by atoms with Crippen molar-refractivity contribution < 1.29 is 4.74 Å². The first-order valence-corrected chi connectivity index (χ1v) is 7.05. The Balaban J connectivity index is 2.70. The summed E-state index contributed by atoms with van der Waals surface area (Å²) in [6, 6.07) is 8.28. The van der Waals surface area contributed by atoms with Crippen LogP contribution in [0, 0.1) is 5.41 Å². The Morgan fingerprint density at radius 2 is 1.74 bits per heavy atom. The third kappa shape index (κ3) is 5.97. The maximum absolute atomic E-state index is 5.64. The summed E-state index contributed by atoms with van der Waals surface area (Å²) in [6.45, 7) is 9.66. The van der Waals surface area contributed by atoms with E-state index in [1.165, 1.54) is 12.1 Å². The highest BCUT2D eigenvalue weighted by molar-refractivity contribution is 5.49. The average Bonchev–Trinajstić information content (AvgIpc) is 2.38. The summed E-state index contributed by atoms with van der Waals surface area (Å²) in [6.07, 6.45) is 2.19. The maximum atomic E-state index is 5.64. The first-order valence-electron chi connectivity index (χ1n) is 7.05. The van der Waals surface area contributed by atoms with Crippen LogP contribution in [0.15, 0.2) is 24.3 Å². The number of anilines is 1. The first kappa shape index (κ1) is 15.8. The van der Waals surface area contributed by atoms with Gasteiger partial charge in [-0.15, -0.1) is 0 Å². The molecule has 0 atom stereocenters. The molecule has 0 saturated carbocycles. The summed E-state index contributed by atoms with van der Waals surface area (Å²) in [7, 11) is 1.70. The van der Waals surface area contributed by atoms with E-state index in [0.717, 1.165) is 31.8 Å². The van der Waals surface area contributed by atoms with Crippen molar-refractivity contribution in [2.45, 2.75) is 33.6 Å². The van der Waals surface area contributed by atoms with Gasteiger partial charge in [-0.05, 0) is 49.1 Å². The molecule has 0 aliphatic heterocycles. The molecule has 0 saturated heterocycles. The van der Waals surface area contributed by atoms with Gasteiger partial charge in [0.05, 0.1) is 7.11 Å². The Morgan fingerprint density at radius 3 is 2.21 bits per heavy atom. The third-order valence-corrected chi connectivity index (χ3v) is 3.20. The Bertz CT molecular complexity index is 354. The van der Waals surface area contributed by atoms with Gasteiger partial charge in [0, 0.05) is 18.8 Å². The van der Waals surface area contributed by atoms with Crippen LogP contribution in [-0.4, -0.2) is 26.7 Å². The van der Waals surface area contributed by atoms with Crippen molar-refractivity contribution in [2.24, 2.45) is 11.1 Å². The standard InChI is InChI=1S/C16H28N2O/c1-16(2,3)10-13-18(12-5-11-17)14-6-8-15(19-4)9-7-14/h6-9H,5,10-13,17H2,1-4H3. The highest BCUT2D eigenvalue weighted by Gasteiger charge is 2.13. The van der Waals surface area contributed by atoms with E-state index in [-0.39, 0.29) is 0 Å². The smallest absolute Gasteiger partial charge is 0.119 e. The molecule has 0 bridgehead atoms. The third-order valence-electron chi connectivity index (χ3n) is 3.20. The van der Waals surface area contributed by atoms with Gasteiger partial charge in [0.1, 0.15) is 5.75 Å². The fourth-order valence-corrected chi connectivity index (χ4v) is 1.92. The molecule has 0 radical (unpaired) electrons. The van der Waals surface area contributed by atoms with Crippen LogP contribution in [0.4, 0.5) is 5.69 Å². The molecule has 0 aliphatic rings. The number of methoxy groups -OCH3 is 1. The number of benzene rings is 1. The van der Waals surface area contributed by atoms with Crippen LogP contribution < -0.4 is 15.4 Å². The Labute approximate surface area is 117 Å². The van der Waals surface area contributed by atoms with Crippen molar-refractivity contribution >= 4 is 5.69 Å². The monoisotopic (exact) mass is 264 g/mol. The molecule has 0 heterocycles. The molecule has 1 rings (SSSR count). The largest absolute Gasteiger partial charge is 0.497 e. The quantitative estimate of drug-likeness (QED) is 0.821. The van der Waals surface area contributed by atoms with Gasteiger partial charge in [0.2, 0.25) is 0 Å². The average molecular weight is 264 g/mol. The van der Waals surface area contributed by atoms with Gasteiger partial charge >= 0.3 is 0 Å². The maximum Gasteiger partial charge on any atom is 0.119 e. The van der Waals surface area contributed by atoms with Crippen LogP contribution in [0.25, 0.3) is 0 Å². The second-order valence-electron chi connectivity index (χ2n) is 6.14. The van der Waals surface area contributed by atoms with Crippen molar-refractivity contribution in [3.63, 3.8) is 0 Å². The van der Waals surface area contributed by atoms with Gasteiger partial charge in [-0.25, -0.2) is 0 Å². The lowest BCUT2D eigenvalue weighted by atomic mass is 9.92. The van der Waals surface area contributed by atoms with E-state index in [1.807, 2.05) is 12.1 Å². The van der Waals surface area contributed by atoms with E-state index in [9.17, 15) is 0 Å². The SMILES string of the molecule is COc1ccc(N(CCCN)CCC(C)(C)C)cc1. The fourth-order valence-electron chi connectivity index (χ4n) is 1.92. The number of nitrogens with two attached hydrogens (primary N) is 1. The minimum atomic E-state index is 0.355. The molecule has 0 fully saturated rings. The number of hydrogen-bond acceptors (Lipinski definition) is 3. The molecule has 19 heavy (non-hydrogen) atoms. The Kier molecular flexibility index (Phi) is 6.16. The van der Waals surface area contributed by atoms with Crippen LogP contribution in [0.2, 0.25) is 0 Å². The summed E-state index contributed by atoms with van der Waals surface area (Å²) in [5.74, 6) is 0.901. The van der Waals surface area contributed by atoms with Gasteiger partial charge in [-0.3, -0.25) is 0 Å². The van der Waals surface area contributed by atoms with E-state index in [2.05, 4.69) is 37.8 Å². The normalized spacial score (nSPS) is 11.4. The summed E-state index contributed by atoms with van der Waals surface area (Å²) >= 11 is 0. The molecule has 3 heteroatoms. The predicted octanol–water partition coefficient (Wildman–Crippen LogP) is 3.29. The number of nitrogens with zero attached hydrogens (tertiary/aromatic N) is 1. The second-order valence-corrected chi connectivity index (χ2v) is 6.14. The van der Waals surface area contributed by atoms with Crippen LogP contribution in [0.1, 0.15) is 33.6 Å². The molecular formula is C16H28N2O. The van der Waals surface area contributed by atoms with Crippen molar-refractivity contribution in [1.82, 2.24) is 0 Å². The van der Waals surface area contributed by atoms with Gasteiger partial charge < -0.3 is 15.4 Å². The molecule has 1 aromatic rings. The summed E-state index contributed by atoms with van der Waals surface area (Å²) in [4.78, 5) is 2.41. The zero-order valence-electron chi connectivity index (χ0n) is 12.8. The zero-order chi connectivity index (χ0) is 14.3. The lowest BCUT2D eigenvalue weighted by Gasteiger charge is -2.28. The topological polar surface area (TPSA) is 38.5 Å². The van der Waals surface area contributed by atoms with Gasteiger partial charge in [-0.2, -0.15) is 0 Å². The minimum Gasteiger partial charge on any atom is -0.497 e. The van der Waals surface area contributed by atoms with Crippen molar-refractivity contribution in [3.8, 4) is 5.75 Å². The van der Waals surface area contributed by atoms with E-state index in [0.29, 0.717) is 5.41 Å². The first-order chi connectivity index (χ1) is 8.96. The van der Waals surface area contributed by atoms with Gasteiger partial charge in [0.25, 0.3) is 0 Å². The van der Waals surface area contributed by atoms with Crippen LogP contribution in [0.5, 0.6) is 5.75 Å². The predicted molar refractivity (Wildman–Crippen MR) is 83.0 cm³/mol. The number of hydrogen-bond donors (Lipinski definition) is 1. The molecule has 0 unspecified atom stereocenters. The molecule has 0 aliphatic carbocycles. The van der Waals surface area contributed by atoms with Crippen LogP contribution in [-0.2, 0) is 0 Å². The molecule has 3 nitrogen and oxygen atoms in total. The van der Waals surface area contributed by atoms with E-state index < -0.39 is 0 Å². The van der Waals surface area contributed by atoms with Gasteiger partial charge in [0.15, 0.2) is 0 Å². The van der Waals surface area contributed by atoms with Crippen molar-refractivity contribution in [1.29, 1.82) is 0 Å². The Hall–Kier alpha value is -1.22. The number of rotatable bonds is 7. The molecule has 2 N–H and O–H groups in total. The lowest BCUT2D eigenvalue weighted by molar-refractivity contribution is 0.378. The molecular weight excluding hydrogens is 236 g/mol. The van der Waals surface area contributed by atoms with E-state index >= 15 is 0 Å². The minimum absolute atomic E-state index is 0.355. The van der Waals surface area contributed by atoms with Crippen molar-refractivity contribution in [2.75, 3.05) is 31.6 Å². The van der Waals surface area contributed by atoms with Crippen molar-refractivity contribution in [3.05, 3.63) is 24.3 Å². The highest BCUT2D eigenvalue weighted by atomic mass is 16.5.